The summed E-state index contributed by atoms with van der Waals surface area (Å²) in [5.74, 6) is 1.04. The molecule has 0 radical (unpaired) electrons. The molecular weight excluding hydrogens is 248 g/mol. The first kappa shape index (κ1) is 15.3. The van der Waals surface area contributed by atoms with Crippen molar-refractivity contribution in [2.75, 3.05) is 46.4 Å². The lowest BCUT2D eigenvalue weighted by molar-refractivity contribution is 0.133. The van der Waals surface area contributed by atoms with Gasteiger partial charge in [-0.25, -0.2) is 0 Å². The van der Waals surface area contributed by atoms with Gasteiger partial charge in [0.15, 0.2) is 0 Å². The van der Waals surface area contributed by atoms with Gasteiger partial charge in [0.1, 0.15) is 12.4 Å². The fourth-order valence-corrected chi connectivity index (χ4v) is 2.57. The van der Waals surface area contributed by atoms with Crippen LogP contribution in [-0.2, 0) is 5.41 Å². The zero-order valence-corrected chi connectivity index (χ0v) is 13.4. The summed E-state index contributed by atoms with van der Waals surface area (Å²) < 4.78 is 6.04. The van der Waals surface area contributed by atoms with Gasteiger partial charge in [-0.2, -0.15) is 0 Å². The van der Waals surface area contributed by atoms with E-state index >= 15 is 0 Å². The number of rotatable bonds is 4. The van der Waals surface area contributed by atoms with E-state index in [4.69, 9.17) is 4.74 Å². The molecule has 20 heavy (non-hydrogen) atoms. The number of nitrogens with zero attached hydrogens (tertiary/aromatic N) is 2. The smallest absolute Gasteiger partial charge is 0.123 e. The van der Waals surface area contributed by atoms with Gasteiger partial charge >= 0.3 is 0 Å². The van der Waals surface area contributed by atoms with Gasteiger partial charge in [-0.3, -0.25) is 4.90 Å². The lowest BCUT2D eigenvalue weighted by Crippen LogP contribution is -2.45. The van der Waals surface area contributed by atoms with Crippen LogP contribution in [0.4, 0.5) is 0 Å². The van der Waals surface area contributed by atoms with E-state index in [-0.39, 0.29) is 5.41 Å². The first-order chi connectivity index (χ1) is 9.47. The first-order valence-corrected chi connectivity index (χ1v) is 7.60. The second kappa shape index (κ2) is 6.59. The Balaban J connectivity index is 1.85. The van der Waals surface area contributed by atoms with E-state index in [0.29, 0.717) is 0 Å². The molecular formula is C17H28N2O. The summed E-state index contributed by atoms with van der Waals surface area (Å²) in [7, 11) is 2.19. The molecule has 1 aromatic carbocycles. The van der Waals surface area contributed by atoms with Crippen molar-refractivity contribution < 1.29 is 4.74 Å². The van der Waals surface area contributed by atoms with Gasteiger partial charge in [0.2, 0.25) is 0 Å². The minimum absolute atomic E-state index is 0.129. The van der Waals surface area contributed by atoms with E-state index in [1.165, 1.54) is 18.7 Å². The second-order valence-electron chi connectivity index (χ2n) is 6.74. The molecule has 0 spiro atoms. The van der Waals surface area contributed by atoms with Crippen molar-refractivity contribution in [2.45, 2.75) is 26.2 Å². The Labute approximate surface area is 123 Å². The van der Waals surface area contributed by atoms with Crippen molar-refractivity contribution in [3.8, 4) is 5.75 Å². The maximum Gasteiger partial charge on any atom is 0.123 e. The van der Waals surface area contributed by atoms with Crippen molar-refractivity contribution in [2.24, 2.45) is 0 Å². The molecule has 112 valence electrons. The van der Waals surface area contributed by atoms with Crippen LogP contribution in [-0.4, -0.2) is 56.2 Å². The molecule has 0 amide bonds. The Kier molecular flexibility index (Phi) is 5.06. The van der Waals surface area contributed by atoms with Gasteiger partial charge in [0, 0.05) is 32.7 Å². The molecule has 0 N–H and O–H groups in total. The maximum absolute atomic E-state index is 6.04. The summed E-state index contributed by atoms with van der Waals surface area (Å²) in [6.45, 7) is 13.1. The summed E-state index contributed by atoms with van der Waals surface area (Å²) in [6, 6.07) is 8.41. The van der Waals surface area contributed by atoms with Crippen LogP contribution in [0.2, 0.25) is 0 Å². The van der Waals surface area contributed by atoms with Crippen LogP contribution >= 0.6 is 0 Å². The number of para-hydroxylation sites is 1. The van der Waals surface area contributed by atoms with E-state index in [0.717, 1.165) is 32.0 Å². The average Bonchev–Trinajstić information content (AvgIpc) is 2.40. The highest BCUT2D eigenvalue weighted by Crippen LogP contribution is 2.30. The predicted molar refractivity (Wildman–Crippen MR) is 84.6 cm³/mol. The summed E-state index contributed by atoms with van der Waals surface area (Å²) in [5, 5.41) is 0. The number of hydrogen-bond acceptors (Lipinski definition) is 3. The molecule has 1 aromatic rings. The molecule has 0 aromatic heterocycles. The van der Waals surface area contributed by atoms with Gasteiger partial charge in [0.25, 0.3) is 0 Å². The Hall–Kier alpha value is -1.06. The fourth-order valence-electron chi connectivity index (χ4n) is 2.57. The van der Waals surface area contributed by atoms with Gasteiger partial charge in [-0.05, 0) is 24.1 Å². The molecule has 3 nitrogen and oxygen atoms in total. The van der Waals surface area contributed by atoms with Gasteiger partial charge in [0.05, 0.1) is 0 Å². The monoisotopic (exact) mass is 276 g/mol. The predicted octanol–water partition coefficient (Wildman–Crippen LogP) is 2.61. The molecule has 1 saturated heterocycles. The topological polar surface area (TPSA) is 15.7 Å². The van der Waals surface area contributed by atoms with Crippen LogP contribution < -0.4 is 4.74 Å². The van der Waals surface area contributed by atoms with Crippen LogP contribution in [0.5, 0.6) is 5.75 Å². The number of ether oxygens (including phenoxy) is 1. The first-order valence-electron chi connectivity index (χ1n) is 7.60. The molecule has 0 saturated carbocycles. The zero-order valence-electron chi connectivity index (χ0n) is 13.4. The molecule has 1 heterocycles. The summed E-state index contributed by atoms with van der Waals surface area (Å²) in [5.41, 5.74) is 1.42. The van der Waals surface area contributed by atoms with Crippen LogP contribution in [0.3, 0.4) is 0 Å². The van der Waals surface area contributed by atoms with E-state index in [9.17, 15) is 0 Å². The quantitative estimate of drug-likeness (QED) is 0.841. The molecule has 0 bridgehead atoms. The number of hydrogen-bond donors (Lipinski definition) is 0. The summed E-state index contributed by atoms with van der Waals surface area (Å²) >= 11 is 0. The van der Waals surface area contributed by atoms with Crippen molar-refractivity contribution >= 4 is 0 Å². The van der Waals surface area contributed by atoms with Gasteiger partial charge in [-0.15, -0.1) is 0 Å². The number of likely N-dealkylation sites (N-methyl/N-ethyl adjacent to an activating group) is 1. The molecule has 1 aliphatic heterocycles. The lowest BCUT2D eigenvalue weighted by atomic mass is 9.86. The fraction of sp³-hybridized carbons (Fsp3) is 0.647. The highest BCUT2D eigenvalue weighted by atomic mass is 16.5. The van der Waals surface area contributed by atoms with Crippen LogP contribution in [0.25, 0.3) is 0 Å². The Morgan fingerprint density at radius 2 is 1.70 bits per heavy atom. The van der Waals surface area contributed by atoms with Crippen molar-refractivity contribution in [1.29, 1.82) is 0 Å². The molecule has 2 rings (SSSR count). The van der Waals surface area contributed by atoms with Crippen LogP contribution in [0.15, 0.2) is 24.3 Å². The van der Waals surface area contributed by atoms with E-state index in [2.05, 4.69) is 61.9 Å². The number of benzene rings is 1. The van der Waals surface area contributed by atoms with E-state index in [1.54, 1.807) is 0 Å². The Morgan fingerprint density at radius 3 is 2.35 bits per heavy atom. The van der Waals surface area contributed by atoms with Crippen LogP contribution in [0.1, 0.15) is 26.3 Å². The normalized spacial score (nSPS) is 18.2. The highest BCUT2D eigenvalue weighted by Gasteiger charge is 2.19. The van der Waals surface area contributed by atoms with E-state index in [1.807, 2.05) is 0 Å². The number of piperazine rings is 1. The standard InChI is InChI=1S/C17H28N2O/c1-17(2,3)15-7-5-6-8-16(15)20-14-13-19-11-9-18(4)10-12-19/h5-8H,9-14H2,1-4H3. The SMILES string of the molecule is CN1CCN(CCOc2ccccc2C(C)(C)C)CC1. The van der Waals surface area contributed by atoms with Crippen molar-refractivity contribution in [3.05, 3.63) is 29.8 Å². The Bertz CT molecular complexity index is 417. The molecule has 1 aliphatic rings. The minimum Gasteiger partial charge on any atom is -0.492 e. The third-order valence-electron chi connectivity index (χ3n) is 3.96. The van der Waals surface area contributed by atoms with Gasteiger partial charge in [-0.1, -0.05) is 39.0 Å². The summed E-state index contributed by atoms with van der Waals surface area (Å²) in [6.07, 6.45) is 0. The Morgan fingerprint density at radius 1 is 1.05 bits per heavy atom. The highest BCUT2D eigenvalue weighted by molar-refractivity contribution is 5.38. The van der Waals surface area contributed by atoms with E-state index < -0.39 is 0 Å². The molecule has 0 atom stereocenters. The van der Waals surface area contributed by atoms with Crippen molar-refractivity contribution in [3.63, 3.8) is 0 Å². The lowest BCUT2D eigenvalue weighted by Gasteiger charge is -2.32. The molecule has 0 aliphatic carbocycles. The van der Waals surface area contributed by atoms with Gasteiger partial charge < -0.3 is 9.64 Å². The average molecular weight is 276 g/mol. The van der Waals surface area contributed by atoms with Crippen LogP contribution in [0, 0.1) is 0 Å². The molecule has 3 heteroatoms. The largest absolute Gasteiger partial charge is 0.492 e. The maximum atomic E-state index is 6.04. The summed E-state index contributed by atoms with van der Waals surface area (Å²) in [4.78, 5) is 4.87. The molecule has 0 unspecified atom stereocenters. The third-order valence-corrected chi connectivity index (χ3v) is 3.96. The second-order valence-corrected chi connectivity index (χ2v) is 6.74. The van der Waals surface area contributed by atoms with Crippen molar-refractivity contribution in [1.82, 2.24) is 9.80 Å². The third kappa shape index (κ3) is 4.22. The zero-order chi connectivity index (χ0) is 14.6. The minimum atomic E-state index is 0.129. The molecule has 1 fully saturated rings.